The minimum absolute atomic E-state index is 0.0165. The van der Waals surface area contributed by atoms with Crippen LogP contribution in [0.5, 0.6) is 5.75 Å². The van der Waals surface area contributed by atoms with Gasteiger partial charge in [0.2, 0.25) is 5.91 Å². The maximum absolute atomic E-state index is 12.4. The third kappa shape index (κ3) is 4.54. The number of carbonyl (C=O) groups excluding carboxylic acids is 2. The molecule has 1 aliphatic heterocycles. The van der Waals surface area contributed by atoms with Gasteiger partial charge in [-0.1, -0.05) is 28.1 Å². The second-order valence-corrected chi connectivity index (χ2v) is 7.02. The standard InChI is InChI=1S/C19H20BrN3O3/c1-26-15-8-2-12(3-9-15)16-10-18(24)21-11-17(16)23-19(25)22-14-6-4-13(20)5-7-14/h2-9,16-17H,10-11H2,1H3,(H,21,24)(H2,22,23,25). The third-order valence-corrected chi connectivity index (χ3v) is 4.90. The van der Waals surface area contributed by atoms with Gasteiger partial charge in [-0.2, -0.15) is 0 Å². The van der Waals surface area contributed by atoms with Crippen LogP contribution in [0.25, 0.3) is 0 Å². The quantitative estimate of drug-likeness (QED) is 0.713. The van der Waals surface area contributed by atoms with Crippen molar-refractivity contribution in [1.29, 1.82) is 0 Å². The number of hydrogen-bond donors (Lipinski definition) is 3. The van der Waals surface area contributed by atoms with Crippen molar-refractivity contribution in [2.75, 3.05) is 19.0 Å². The number of piperidine rings is 1. The van der Waals surface area contributed by atoms with Crippen molar-refractivity contribution in [3.05, 3.63) is 58.6 Å². The molecular weight excluding hydrogens is 398 g/mol. The largest absolute Gasteiger partial charge is 0.497 e. The summed E-state index contributed by atoms with van der Waals surface area (Å²) >= 11 is 3.36. The minimum Gasteiger partial charge on any atom is -0.497 e. The summed E-state index contributed by atoms with van der Waals surface area (Å²) in [5.74, 6) is 0.647. The molecule has 0 aliphatic carbocycles. The Hall–Kier alpha value is -2.54. The van der Waals surface area contributed by atoms with Crippen LogP contribution >= 0.6 is 15.9 Å². The molecule has 2 atom stereocenters. The number of hydrogen-bond acceptors (Lipinski definition) is 3. The van der Waals surface area contributed by atoms with Crippen LogP contribution in [0.4, 0.5) is 10.5 Å². The Morgan fingerprint density at radius 3 is 2.50 bits per heavy atom. The van der Waals surface area contributed by atoms with E-state index in [0.29, 0.717) is 18.7 Å². The summed E-state index contributed by atoms with van der Waals surface area (Å²) in [6.45, 7) is 0.392. The summed E-state index contributed by atoms with van der Waals surface area (Å²) in [5, 5.41) is 8.61. The first kappa shape index (κ1) is 18.3. The van der Waals surface area contributed by atoms with Crippen LogP contribution in [0.1, 0.15) is 17.9 Å². The molecule has 136 valence electrons. The number of urea groups is 1. The van der Waals surface area contributed by atoms with Crippen molar-refractivity contribution in [3.63, 3.8) is 0 Å². The molecule has 3 rings (SSSR count). The number of methoxy groups -OCH3 is 1. The lowest BCUT2D eigenvalue weighted by Crippen LogP contribution is -2.52. The van der Waals surface area contributed by atoms with Gasteiger partial charge in [-0.15, -0.1) is 0 Å². The molecule has 2 aromatic rings. The molecule has 1 saturated heterocycles. The molecule has 2 unspecified atom stereocenters. The highest BCUT2D eigenvalue weighted by atomic mass is 79.9. The molecule has 3 N–H and O–H groups in total. The van der Waals surface area contributed by atoms with Gasteiger partial charge in [0.25, 0.3) is 0 Å². The number of halogens is 1. The maximum Gasteiger partial charge on any atom is 0.319 e. The monoisotopic (exact) mass is 417 g/mol. The SMILES string of the molecule is COc1ccc(C2CC(=O)NCC2NC(=O)Nc2ccc(Br)cc2)cc1. The third-order valence-electron chi connectivity index (χ3n) is 4.37. The van der Waals surface area contributed by atoms with Crippen molar-refractivity contribution in [2.45, 2.75) is 18.4 Å². The average molecular weight is 418 g/mol. The van der Waals surface area contributed by atoms with Gasteiger partial charge in [0.05, 0.1) is 13.2 Å². The van der Waals surface area contributed by atoms with Gasteiger partial charge in [0.15, 0.2) is 0 Å². The normalized spacial score (nSPS) is 19.4. The number of benzene rings is 2. The summed E-state index contributed by atoms with van der Waals surface area (Å²) in [4.78, 5) is 24.2. The Morgan fingerprint density at radius 2 is 1.85 bits per heavy atom. The number of ether oxygens (including phenoxy) is 1. The lowest BCUT2D eigenvalue weighted by atomic mass is 9.85. The van der Waals surface area contributed by atoms with Crippen molar-refractivity contribution in [3.8, 4) is 5.75 Å². The molecule has 1 heterocycles. The molecular formula is C19H20BrN3O3. The topological polar surface area (TPSA) is 79.5 Å². The molecule has 1 aliphatic rings. The fourth-order valence-electron chi connectivity index (χ4n) is 3.00. The molecule has 0 bridgehead atoms. The van der Waals surface area contributed by atoms with Crippen LogP contribution in [0.3, 0.4) is 0 Å². The molecule has 7 heteroatoms. The second-order valence-electron chi connectivity index (χ2n) is 6.10. The molecule has 1 fully saturated rings. The number of rotatable bonds is 4. The number of carbonyl (C=O) groups is 2. The van der Waals surface area contributed by atoms with E-state index in [0.717, 1.165) is 15.8 Å². The first-order valence-electron chi connectivity index (χ1n) is 8.29. The van der Waals surface area contributed by atoms with Crippen LogP contribution < -0.4 is 20.7 Å². The van der Waals surface area contributed by atoms with Crippen LogP contribution in [0.2, 0.25) is 0 Å². The first-order valence-corrected chi connectivity index (χ1v) is 9.08. The number of nitrogens with one attached hydrogen (secondary N) is 3. The lowest BCUT2D eigenvalue weighted by molar-refractivity contribution is -0.123. The van der Waals surface area contributed by atoms with E-state index in [4.69, 9.17) is 4.74 Å². The fourth-order valence-corrected chi connectivity index (χ4v) is 3.27. The second kappa shape index (κ2) is 8.23. The molecule has 0 radical (unpaired) electrons. The van der Waals surface area contributed by atoms with Gasteiger partial charge in [0, 0.05) is 29.0 Å². The van der Waals surface area contributed by atoms with E-state index in [1.807, 2.05) is 48.5 Å². The smallest absolute Gasteiger partial charge is 0.319 e. The first-order chi connectivity index (χ1) is 12.5. The molecule has 0 aromatic heterocycles. The lowest BCUT2D eigenvalue weighted by Gasteiger charge is -2.32. The van der Waals surface area contributed by atoms with E-state index in [-0.39, 0.29) is 23.9 Å². The summed E-state index contributed by atoms with van der Waals surface area (Å²) in [5.41, 5.74) is 1.70. The highest BCUT2D eigenvalue weighted by Gasteiger charge is 2.31. The van der Waals surface area contributed by atoms with E-state index in [1.165, 1.54) is 0 Å². The highest BCUT2D eigenvalue weighted by Crippen LogP contribution is 2.28. The van der Waals surface area contributed by atoms with E-state index in [2.05, 4.69) is 31.9 Å². The summed E-state index contributed by atoms with van der Waals surface area (Å²) < 4.78 is 6.12. The number of anilines is 1. The van der Waals surface area contributed by atoms with Gasteiger partial charge in [0.1, 0.15) is 5.75 Å². The van der Waals surface area contributed by atoms with Crippen LogP contribution in [-0.4, -0.2) is 31.6 Å². The van der Waals surface area contributed by atoms with Crippen molar-refractivity contribution in [1.82, 2.24) is 10.6 Å². The van der Waals surface area contributed by atoms with Gasteiger partial charge < -0.3 is 20.7 Å². The van der Waals surface area contributed by atoms with Gasteiger partial charge in [-0.05, 0) is 42.0 Å². The van der Waals surface area contributed by atoms with Gasteiger partial charge >= 0.3 is 6.03 Å². The van der Waals surface area contributed by atoms with E-state index < -0.39 is 0 Å². The van der Waals surface area contributed by atoms with Crippen molar-refractivity contribution in [2.24, 2.45) is 0 Å². The molecule has 26 heavy (non-hydrogen) atoms. The fraction of sp³-hybridized carbons (Fsp3) is 0.263. The molecule has 0 spiro atoms. The Kier molecular flexibility index (Phi) is 5.78. The van der Waals surface area contributed by atoms with Crippen molar-refractivity contribution >= 4 is 33.6 Å². The van der Waals surface area contributed by atoms with Gasteiger partial charge in [-0.25, -0.2) is 4.79 Å². The average Bonchev–Trinajstić information content (AvgIpc) is 2.65. The van der Waals surface area contributed by atoms with Gasteiger partial charge in [-0.3, -0.25) is 4.79 Å². The van der Waals surface area contributed by atoms with Crippen molar-refractivity contribution < 1.29 is 14.3 Å². The molecule has 6 nitrogen and oxygen atoms in total. The summed E-state index contributed by atoms with van der Waals surface area (Å²) in [6, 6.07) is 14.4. The van der Waals surface area contributed by atoms with E-state index in [1.54, 1.807) is 7.11 Å². The predicted octanol–water partition coefficient (Wildman–Crippen LogP) is 3.25. The summed E-state index contributed by atoms with van der Waals surface area (Å²) in [6.07, 6.45) is 0.329. The Balaban J connectivity index is 1.69. The predicted molar refractivity (Wildman–Crippen MR) is 103 cm³/mol. The Morgan fingerprint density at radius 1 is 1.15 bits per heavy atom. The highest BCUT2D eigenvalue weighted by molar-refractivity contribution is 9.10. The molecule has 0 saturated carbocycles. The van der Waals surface area contributed by atoms with E-state index >= 15 is 0 Å². The Labute approximate surface area is 160 Å². The maximum atomic E-state index is 12.4. The van der Waals surface area contributed by atoms with Crippen LogP contribution in [0, 0.1) is 0 Å². The number of amides is 3. The zero-order valence-corrected chi connectivity index (χ0v) is 15.9. The zero-order valence-electron chi connectivity index (χ0n) is 14.3. The van der Waals surface area contributed by atoms with E-state index in [9.17, 15) is 9.59 Å². The zero-order chi connectivity index (χ0) is 18.5. The van der Waals surface area contributed by atoms with Crippen LogP contribution in [-0.2, 0) is 4.79 Å². The summed E-state index contributed by atoms with van der Waals surface area (Å²) in [7, 11) is 1.61. The Bertz CT molecular complexity index is 778. The van der Waals surface area contributed by atoms with Crippen LogP contribution in [0.15, 0.2) is 53.0 Å². The molecule has 2 aromatic carbocycles. The molecule has 3 amide bonds. The minimum atomic E-state index is -0.299.